The molecule has 1 fully saturated rings. The van der Waals surface area contributed by atoms with E-state index in [0.29, 0.717) is 12.0 Å². The summed E-state index contributed by atoms with van der Waals surface area (Å²) in [5, 5.41) is 3.62. The lowest BCUT2D eigenvalue weighted by Crippen LogP contribution is -2.42. The van der Waals surface area contributed by atoms with E-state index in [1.807, 2.05) is 0 Å². The Morgan fingerprint density at radius 1 is 1.26 bits per heavy atom. The normalized spacial score (nSPS) is 24.9. The minimum atomic E-state index is 0.628. The van der Waals surface area contributed by atoms with Crippen LogP contribution in [0.5, 0.6) is 0 Å². The molecule has 0 aromatic heterocycles. The summed E-state index contributed by atoms with van der Waals surface area (Å²) >= 11 is 0. The van der Waals surface area contributed by atoms with Gasteiger partial charge in [-0.25, -0.2) is 0 Å². The zero-order valence-corrected chi connectivity index (χ0v) is 12.7. The van der Waals surface area contributed by atoms with Crippen molar-refractivity contribution in [2.24, 2.45) is 5.92 Å². The van der Waals surface area contributed by atoms with Gasteiger partial charge in [0.25, 0.3) is 0 Å². The van der Waals surface area contributed by atoms with Crippen molar-refractivity contribution in [1.82, 2.24) is 5.32 Å². The van der Waals surface area contributed by atoms with Gasteiger partial charge in [-0.05, 0) is 43.9 Å². The maximum Gasteiger partial charge on any atom is 0.0398 e. The number of aryl methyl sites for hydroxylation is 1. The van der Waals surface area contributed by atoms with Crippen molar-refractivity contribution in [1.29, 1.82) is 0 Å². The van der Waals surface area contributed by atoms with Gasteiger partial charge in [-0.2, -0.15) is 0 Å². The van der Waals surface area contributed by atoms with Crippen LogP contribution in [0.15, 0.2) is 24.3 Å². The molecule has 2 atom stereocenters. The molecule has 0 amide bonds. The third-order valence-corrected chi connectivity index (χ3v) is 4.03. The summed E-state index contributed by atoms with van der Waals surface area (Å²) in [7, 11) is 0. The summed E-state index contributed by atoms with van der Waals surface area (Å²) < 4.78 is 0. The number of nitrogens with one attached hydrogen (secondary N) is 1. The summed E-state index contributed by atoms with van der Waals surface area (Å²) in [5.74, 6) is 0.706. The standard InChI is InChI=1S/C17H28N2/c1-4-7-16-8-5-6-9-17(16)19-11-10-15(3)18-12-14(2)13-19/h5-6,8-9,14-15,18H,4,7,10-13H2,1-3H3. The highest BCUT2D eigenvalue weighted by Crippen LogP contribution is 2.24. The van der Waals surface area contributed by atoms with Crippen molar-refractivity contribution in [3.8, 4) is 0 Å². The highest BCUT2D eigenvalue weighted by Gasteiger charge is 2.18. The fourth-order valence-corrected chi connectivity index (χ4v) is 2.90. The van der Waals surface area contributed by atoms with Crippen LogP contribution in [0.4, 0.5) is 5.69 Å². The monoisotopic (exact) mass is 260 g/mol. The Kier molecular flexibility index (Phi) is 5.26. The number of nitrogens with zero attached hydrogens (tertiary/aromatic N) is 1. The van der Waals surface area contributed by atoms with E-state index in [2.05, 4.69) is 55.3 Å². The van der Waals surface area contributed by atoms with Gasteiger partial charge in [0, 0.05) is 24.8 Å². The second kappa shape index (κ2) is 6.95. The summed E-state index contributed by atoms with van der Waals surface area (Å²) in [6.07, 6.45) is 3.64. The molecule has 1 N–H and O–H groups in total. The third-order valence-electron chi connectivity index (χ3n) is 4.03. The van der Waals surface area contributed by atoms with Crippen LogP contribution in [0.3, 0.4) is 0 Å². The van der Waals surface area contributed by atoms with Crippen molar-refractivity contribution in [3.05, 3.63) is 29.8 Å². The van der Waals surface area contributed by atoms with E-state index < -0.39 is 0 Å². The van der Waals surface area contributed by atoms with E-state index in [4.69, 9.17) is 0 Å². The zero-order chi connectivity index (χ0) is 13.7. The number of hydrogen-bond acceptors (Lipinski definition) is 2. The first-order valence-electron chi connectivity index (χ1n) is 7.77. The van der Waals surface area contributed by atoms with Gasteiger partial charge in [0.2, 0.25) is 0 Å². The molecular weight excluding hydrogens is 232 g/mol. The van der Waals surface area contributed by atoms with E-state index in [0.717, 1.165) is 6.54 Å². The molecule has 2 heteroatoms. The van der Waals surface area contributed by atoms with Crippen LogP contribution in [0.1, 0.15) is 39.2 Å². The van der Waals surface area contributed by atoms with Crippen molar-refractivity contribution < 1.29 is 0 Å². The van der Waals surface area contributed by atoms with Gasteiger partial charge in [-0.3, -0.25) is 0 Å². The van der Waals surface area contributed by atoms with Crippen molar-refractivity contribution in [3.63, 3.8) is 0 Å². The van der Waals surface area contributed by atoms with Gasteiger partial charge in [0.1, 0.15) is 0 Å². The lowest BCUT2D eigenvalue weighted by atomic mass is 10.0. The molecule has 0 spiro atoms. The van der Waals surface area contributed by atoms with E-state index in [1.54, 1.807) is 0 Å². The van der Waals surface area contributed by atoms with Crippen molar-refractivity contribution >= 4 is 5.69 Å². The number of anilines is 1. The van der Waals surface area contributed by atoms with Gasteiger partial charge < -0.3 is 10.2 Å². The smallest absolute Gasteiger partial charge is 0.0398 e. The molecule has 19 heavy (non-hydrogen) atoms. The van der Waals surface area contributed by atoms with E-state index >= 15 is 0 Å². The Morgan fingerprint density at radius 2 is 2.05 bits per heavy atom. The quantitative estimate of drug-likeness (QED) is 0.895. The average molecular weight is 260 g/mol. The molecule has 1 saturated heterocycles. The predicted molar refractivity (Wildman–Crippen MR) is 83.9 cm³/mol. The Labute approximate surface area is 118 Å². The molecule has 106 valence electrons. The molecule has 1 heterocycles. The Hall–Kier alpha value is -1.02. The maximum atomic E-state index is 3.62. The maximum absolute atomic E-state index is 3.62. The molecule has 0 bridgehead atoms. The molecule has 1 aromatic carbocycles. The number of rotatable bonds is 3. The van der Waals surface area contributed by atoms with Crippen LogP contribution in [-0.2, 0) is 6.42 Å². The van der Waals surface area contributed by atoms with Crippen LogP contribution < -0.4 is 10.2 Å². The summed E-state index contributed by atoms with van der Waals surface area (Å²) in [4.78, 5) is 2.60. The van der Waals surface area contributed by atoms with Gasteiger partial charge >= 0.3 is 0 Å². The fraction of sp³-hybridized carbons (Fsp3) is 0.647. The molecule has 0 radical (unpaired) electrons. The summed E-state index contributed by atoms with van der Waals surface area (Å²) in [5.41, 5.74) is 2.98. The Bertz CT molecular complexity index is 389. The van der Waals surface area contributed by atoms with Crippen LogP contribution in [-0.4, -0.2) is 25.7 Å². The predicted octanol–water partition coefficient (Wildman–Crippen LogP) is 3.46. The SMILES string of the molecule is CCCc1ccccc1N1CCC(C)NCC(C)C1. The van der Waals surface area contributed by atoms with Crippen LogP contribution in [0.25, 0.3) is 0 Å². The van der Waals surface area contributed by atoms with Crippen molar-refractivity contribution in [2.45, 2.75) is 46.1 Å². The van der Waals surface area contributed by atoms with Gasteiger partial charge in [-0.1, -0.05) is 38.5 Å². The number of para-hydroxylation sites is 1. The summed E-state index contributed by atoms with van der Waals surface area (Å²) in [6.45, 7) is 10.4. The number of hydrogen-bond donors (Lipinski definition) is 1. The van der Waals surface area contributed by atoms with Crippen molar-refractivity contribution in [2.75, 3.05) is 24.5 Å². The fourth-order valence-electron chi connectivity index (χ4n) is 2.90. The minimum Gasteiger partial charge on any atom is -0.371 e. The van der Waals surface area contributed by atoms with Gasteiger partial charge in [0.05, 0.1) is 0 Å². The zero-order valence-electron chi connectivity index (χ0n) is 12.7. The lowest BCUT2D eigenvalue weighted by molar-refractivity contribution is 0.410. The topological polar surface area (TPSA) is 15.3 Å². The second-order valence-electron chi connectivity index (χ2n) is 6.03. The first-order chi connectivity index (χ1) is 9.20. The van der Waals surface area contributed by atoms with E-state index in [1.165, 1.54) is 43.6 Å². The van der Waals surface area contributed by atoms with E-state index in [9.17, 15) is 0 Å². The van der Waals surface area contributed by atoms with Gasteiger partial charge in [0.15, 0.2) is 0 Å². The third kappa shape index (κ3) is 3.97. The molecule has 1 aromatic rings. The molecule has 1 aliphatic heterocycles. The largest absolute Gasteiger partial charge is 0.371 e. The number of benzene rings is 1. The van der Waals surface area contributed by atoms with Gasteiger partial charge in [-0.15, -0.1) is 0 Å². The minimum absolute atomic E-state index is 0.628. The van der Waals surface area contributed by atoms with Crippen LogP contribution >= 0.6 is 0 Å². The average Bonchev–Trinajstić information content (AvgIpc) is 2.40. The molecule has 2 rings (SSSR count). The second-order valence-corrected chi connectivity index (χ2v) is 6.03. The highest BCUT2D eigenvalue weighted by atomic mass is 15.1. The lowest BCUT2D eigenvalue weighted by Gasteiger charge is -2.34. The molecule has 0 saturated carbocycles. The first kappa shape index (κ1) is 14.4. The first-order valence-corrected chi connectivity index (χ1v) is 7.77. The Morgan fingerprint density at radius 3 is 2.84 bits per heavy atom. The highest BCUT2D eigenvalue weighted by molar-refractivity contribution is 5.53. The molecule has 2 nitrogen and oxygen atoms in total. The Balaban J connectivity index is 2.17. The molecule has 0 aliphatic carbocycles. The summed E-state index contributed by atoms with van der Waals surface area (Å²) in [6, 6.07) is 9.58. The molecule has 1 aliphatic rings. The van der Waals surface area contributed by atoms with Crippen LogP contribution in [0.2, 0.25) is 0 Å². The van der Waals surface area contributed by atoms with E-state index in [-0.39, 0.29) is 0 Å². The molecular formula is C17H28N2. The van der Waals surface area contributed by atoms with Crippen LogP contribution in [0, 0.1) is 5.92 Å². The molecule has 2 unspecified atom stereocenters.